The third-order valence-electron chi connectivity index (χ3n) is 3.66. The summed E-state index contributed by atoms with van der Waals surface area (Å²) in [7, 11) is 0. The zero-order valence-corrected chi connectivity index (χ0v) is 13.7. The largest absolute Gasteiger partial charge is 0.484 e. The highest BCUT2D eigenvalue weighted by atomic mass is 19.1. The topological polar surface area (TPSA) is 38.3 Å². The van der Waals surface area contributed by atoms with E-state index in [9.17, 15) is 9.18 Å². The van der Waals surface area contributed by atoms with Crippen molar-refractivity contribution in [2.24, 2.45) is 0 Å². The Kier molecular flexibility index (Phi) is 5.74. The number of benzene rings is 2. The van der Waals surface area contributed by atoms with E-state index in [4.69, 9.17) is 4.74 Å². The molecule has 122 valence electrons. The van der Waals surface area contributed by atoms with Gasteiger partial charge in [0, 0.05) is 0 Å². The van der Waals surface area contributed by atoms with Crippen LogP contribution in [0.3, 0.4) is 0 Å². The molecule has 2 rings (SSSR count). The van der Waals surface area contributed by atoms with Crippen LogP contribution in [0.1, 0.15) is 43.9 Å². The van der Waals surface area contributed by atoms with Gasteiger partial charge >= 0.3 is 0 Å². The predicted octanol–water partition coefficient (Wildman–Crippen LogP) is 4.21. The number of carbonyl (C=O) groups excluding carboxylic acids is 1. The summed E-state index contributed by atoms with van der Waals surface area (Å²) in [5, 5.41) is 2.83. The molecular weight excluding hydrogens is 293 g/mol. The molecule has 0 radical (unpaired) electrons. The van der Waals surface area contributed by atoms with Crippen LogP contribution in [0.2, 0.25) is 0 Å². The SMILES string of the molecule is CC(C)c1ccc(OCC(=O)N[C@H](C)c2ccc(F)cc2)cc1. The van der Waals surface area contributed by atoms with Crippen LogP contribution < -0.4 is 10.1 Å². The van der Waals surface area contributed by atoms with E-state index in [1.807, 2.05) is 31.2 Å². The summed E-state index contributed by atoms with van der Waals surface area (Å²) in [5.41, 5.74) is 2.08. The number of amides is 1. The van der Waals surface area contributed by atoms with Crippen LogP contribution in [0.4, 0.5) is 4.39 Å². The fourth-order valence-corrected chi connectivity index (χ4v) is 2.22. The van der Waals surface area contributed by atoms with Gasteiger partial charge in [-0.15, -0.1) is 0 Å². The van der Waals surface area contributed by atoms with Crippen LogP contribution in [-0.4, -0.2) is 12.5 Å². The molecule has 4 heteroatoms. The monoisotopic (exact) mass is 315 g/mol. The van der Waals surface area contributed by atoms with E-state index in [0.717, 1.165) is 5.56 Å². The van der Waals surface area contributed by atoms with Crippen LogP contribution in [0.25, 0.3) is 0 Å². The lowest BCUT2D eigenvalue weighted by molar-refractivity contribution is -0.123. The van der Waals surface area contributed by atoms with E-state index in [2.05, 4.69) is 19.2 Å². The van der Waals surface area contributed by atoms with Gasteiger partial charge in [-0.25, -0.2) is 4.39 Å². The smallest absolute Gasteiger partial charge is 0.258 e. The number of ether oxygens (including phenoxy) is 1. The molecular formula is C19H22FNO2. The molecule has 0 aromatic heterocycles. The molecule has 0 bridgehead atoms. The van der Waals surface area contributed by atoms with Crippen molar-refractivity contribution in [1.82, 2.24) is 5.32 Å². The maximum Gasteiger partial charge on any atom is 0.258 e. The van der Waals surface area contributed by atoms with E-state index in [1.165, 1.54) is 17.7 Å². The van der Waals surface area contributed by atoms with Crippen molar-refractivity contribution in [1.29, 1.82) is 0 Å². The van der Waals surface area contributed by atoms with Crippen LogP contribution in [-0.2, 0) is 4.79 Å². The maximum absolute atomic E-state index is 12.9. The molecule has 1 amide bonds. The first-order valence-electron chi connectivity index (χ1n) is 7.73. The normalized spacial score (nSPS) is 12.0. The molecule has 0 spiro atoms. The van der Waals surface area contributed by atoms with Gasteiger partial charge in [-0.2, -0.15) is 0 Å². The summed E-state index contributed by atoms with van der Waals surface area (Å²) >= 11 is 0. The zero-order chi connectivity index (χ0) is 16.8. The van der Waals surface area contributed by atoms with Crippen molar-refractivity contribution in [3.05, 3.63) is 65.5 Å². The summed E-state index contributed by atoms with van der Waals surface area (Å²) in [6.07, 6.45) is 0. The van der Waals surface area contributed by atoms with Crippen molar-refractivity contribution >= 4 is 5.91 Å². The maximum atomic E-state index is 12.9. The Labute approximate surface area is 136 Å². The van der Waals surface area contributed by atoms with Gasteiger partial charge in [0.2, 0.25) is 0 Å². The van der Waals surface area contributed by atoms with Gasteiger partial charge in [0.05, 0.1) is 6.04 Å². The molecule has 0 heterocycles. The number of nitrogens with one attached hydrogen (secondary N) is 1. The fourth-order valence-electron chi connectivity index (χ4n) is 2.22. The standard InChI is InChI=1S/C19H22FNO2/c1-13(2)15-6-10-18(11-7-15)23-12-19(22)21-14(3)16-4-8-17(20)9-5-16/h4-11,13-14H,12H2,1-3H3,(H,21,22)/t14-/m1/s1. The molecule has 1 atom stereocenters. The minimum atomic E-state index is -0.291. The molecule has 0 aliphatic carbocycles. The highest BCUT2D eigenvalue weighted by Crippen LogP contribution is 2.18. The molecule has 23 heavy (non-hydrogen) atoms. The first kappa shape index (κ1) is 17.0. The second-order valence-electron chi connectivity index (χ2n) is 5.85. The highest BCUT2D eigenvalue weighted by molar-refractivity contribution is 5.78. The Hall–Kier alpha value is -2.36. The van der Waals surface area contributed by atoms with Crippen LogP contribution >= 0.6 is 0 Å². The van der Waals surface area contributed by atoms with Gasteiger partial charge in [0.15, 0.2) is 6.61 Å². The third-order valence-corrected chi connectivity index (χ3v) is 3.66. The minimum absolute atomic E-state index is 0.0490. The Bertz CT molecular complexity index is 635. The summed E-state index contributed by atoms with van der Waals surface area (Å²) in [4.78, 5) is 11.9. The average Bonchev–Trinajstić information content (AvgIpc) is 2.54. The van der Waals surface area contributed by atoms with Crippen LogP contribution in [0.5, 0.6) is 5.75 Å². The van der Waals surface area contributed by atoms with E-state index in [0.29, 0.717) is 11.7 Å². The number of hydrogen-bond donors (Lipinski definition) is 1. The number of rotatable bonds is 6. The Morgan fingerprint density at radius 1 is 1.00 bits per heavy atom. The van der Waals surface area contributed by atoms with E-state index >= 15 is 0 Å². The van der Waals surface area contributed by atoms with E-state index in [1.54, 1.807) is 12.1 Å². The quantitative estimate of drug-likeness (QED) is 0.867. The predicted molar refractivity (Wildman–Crippen MR) is 89.0 cm³/mol. The number of carbonyl (C=O) groups is 1. The summed E-state index contributed by atoms with van der Waals surface area (Å²) in [5.74, 6) is 0.623. The first-order valence-corrected chi connectivity index (χ1v) is 7.73. The van der Waals surface area contributed by atoms with Gasteiger partial charge in [-0.1, -0.05) is 38.1 Å². The van der Waals surface area contributed by atoms with E-state index in [-0.39, 0.29) is 24.4 Å². The van der Waals surface area contributed by atoms with E-state index < -0.39 is 0 Å². The van der Waals surface area contributed by atoms with Crippen LogP contribution in [0.15, 0.2) is 48.5 Å². The minimum Gasteiger partial charge on any atom is -0.484 e. The summed E-state index contributed by atoms with van der Waals surface area (Å²) < 4.78 is 18.4. The first-order chi connectivity index (χ1) is 11.0. The van der Waals surface area contributed by atoms with Crippen molar-refractivity contribution in [3.63, 3.8) is 0 Å². The fraction of sp³-hybridized carbons (Fsp3) is 0.316. The highest BCUT2D eigenvalue weighted by Gasteiger charge is 2.10. The Morgan fingerprint density at radius 2 is 1.57 bits per heavy atom. The zero-order valence-electron chi connectivity index (χ0n) is 13.7. The molecule has 0 aliphatic heterocycles. The molecule has 3 nitrogen and oxygen atoms in total. The lowest BCUT2D eigenvalue weighted by Gasteiger charge is -2.15. The molecule has 0 saturated heterocycles. The van der Waals surface area contributed by atoms with Gasteiger partial charge in [-0.3, -0.25) is 4.79 Å². The van der Waals surface area contributed by atoms with Crippen molar-refractivity contribution in [2.45, 2.75) is 32.7 Å². The molecule has 0 unspecified atom stereocenters. The second kappa shape index (κ2) is 7.77. The molecule has 1 N–H and O–H groups in total. The number of hydrogen-bond acceptors (Lipinski definition) is 2. The van der Waals surface area contributed by atoms with Gasteiger partial charge in [0.25, 0.3) is 5.91 Å². The average molecular weight is 315 g/mol. The molecule has 2 aromatic carbocycles. The Morgan fingerprint density at radius 3 is 2.13 bits per heavy atom. The van der Waals surface area contributed by atoms with Crippen molar-refractivity contribution in [2.75, 3.05) is 6.61 Å². The van der Waals surface area contributed by atoms with Gasteiger partial charge in [0.1, 0.15) is 11.6 Å². The molecule has 0 saturated carbocycles. The molecule has 0 aliphatic rings. The lowest BCUT2D eigenvalue weighted by Crippen LogP contribution is -2.31. The summed E-state index contributed by atoms with van der Waals surface area (Å²) in [6, 6.07) is 13.6. The van der Waals surface area contributed by atoms with Crippen molar-refractivity contribution < 1.29 is 13.9 Å². The lowest BCUT2D eigenvalue weighted by atomic mass is 10.0. The summed E-state index contributed by atoms with van der Waals surface area (Å²) in [6.45, 7) is 6.05. The van der Waals surface area contributed by atoms with Gasteiger partial charge < -0.3 is 10.1 Å². The second-order valence-corrected chi connectivity index (χ2v) is 5.85. The van der Waals surface area contributed by atoms with Crippen LogP contribution in [0, 0.1) is 5.82 Å². The van der Waals surface area contributed by atoms with Crippen molar-refractivity contribution in [3.8, 4) is 5.75 Å². The Balaban J connectivity index is 1.83. The molecule has 0 fully saturated rings. The van der Waals surface area contributed by atoms with Gasteiger partial charge in [-0.05, 0) is 48.2 Å². The third kappa shape index (κ3) is 5.09. The molecule has 2 aromatic rings. The number of halogens is 1.